The van der Waals surface area contributed by atoms with Crippen molar-refractivity contribution in [1.82, 2.24) is 10.2 Å². The molecule has 1 atom stereocenters. The minimum absolute atomic E-state index is 0.104. The van der Waals surface area contributed by atoms with Gasteiger partial charge in [0.15, 0.2) is 0 Å². The molecular formula is C12H22N2O3. The number of carbonyl (C=O) groups excluding carboxylic acids is 2. The maximum Gasteiger partial charge on any atom is 0.305 e. The third-order valence-corrected chi connectivity index (χ3v) is 3.12. The summed E-state index contributed by atoms with van der Waals surface area (Å²) in [7, 11) is 3.18. The lowest BCUT2D eigenvalue weighted by Crippen LogP contribution is -2.41. The van der Waals surface area contributed by atoms with Crippen LogP contribution in [0.25, 0.3) is 0 Å². The number of ether oxygens (including phenoxy) is 1. The smallest absolute Gasteiger partial charge is 0.305 e. The molecule has 17 heavy (non-hydrogen) atoms. The molecule has 0 unspecified atom stereocenters. The number of carbonyl (C=O) groups is 2. The SMILES string of the molecule is COC(=O)CCCN(C)C(=O)[C@H]1CCCNC1. The highest BCUT2D eigenvalue weighted by Gasteiger charge is 2.23. The van der Waals surface area contributed by atoms with E-state index in [1.807, 2.05) is 0 Å². The van der Waals surface area contributed by atoms with E-state index in [0.717, 1.165) is 25.9 Å². The number of hydrogen-bond acceptors (Lipinski definition) is 4. The molecule has 1 heterocycles. The Labute approximate surface area is 102 Å². The number of hydrogen-bond donors (Lipinski definition) is 1. The summed E-state index contributed by atoms with van der Waals surface area (Å²) in [5.41, 5.74) is 0. The second-order valence-electron chi connectivity index (χ2n) is 4.48. The van der Waals surface area contributed by atoms with Gasteiger partial charge in [-0.25, -0.2) is 0 Å². The monoisotopic (exact) mass is 242 g/mol. The first-order valence-corrected chi connectivity index (χ1v) is 6.17. The minimum Gasteiger partial charge on any atom is -0.469 e. The van der Waals surface area contributed by atoms with E-state index in [-0.39, 0.29) is 17.8 Å². The lowest BCUT2D eigenvalue weighted by atomic mass is 9.98. The van der Waals surface area contributed by atoms with Crippen molar-refractivity contribution in [2.24, 2.45) is 5.92 Å². The summed E-state index contributed by atoms with van der Waals surface area (Å²) < 4.78 is 4.56. The summed E-state index contributed by atoms with van der Waals surface area (Å²) in [4.78, 5) is 24.7. The fraction of sp³-hybridized carbons (Fsp3) is 0.833. The van der Waals surface area contributed by atoms with E-state index in [2.05, 4.69) is 10.1 Å². The topological polar surface area (TPSA) is 58.6 Å². The highest BCUT2D eigenvalue weighted by Crippen LogP contribution is 2.13. The quantitative estimate of drug-likeness (QED) is 0.709. The molecule has 1 aliphatic heterocycles. The van der Waals surface area contributed by atoms with E-state index < -0.39 is 0 Å². The molecular weight excluding hydrogens is 220 g/mol. The standard InChI is InChI=1S/C12H22N2O3/c1-14(8-4-6-11(15)17-2)12(16)10-5-3-7-13-9-10/h10,13H,3-9H2,1-2H3/t10-/m0/s1. The molecule has 0 aromatic carbocycles. The Bertz CT molecular complexity index is 262. The van der Waals surface area contributed by atoms with Gasteiger partial charge >= 0.3 is 5.97 Å². The van der Waals surface area contributed by atoms with Crippen LogP contribution in [0.4, 0.5) is 0 Å². The average molecular weight is 242 g/mol. The lowest BCUT2D eigenvalue weighted by Gasteiger charge is -2.26. The van der Waals surface area contributed by atoms with Crippen LogP contribution < -0.4 is 5.32 Å². The molecule has 5 nitrogen and oxygen atoms in total. The van der Waals surface area contributed by atoms with Gasteiger partial charge in [-0.2, -0.15) is 0 Å². The Morgan fingerprint density at radius 1 is 1.47 bits per heavy atom. The Morgan fingerprint density at radius 2 is 2.24 bits per heavy atom. The van der Waals surface area contributed by atoms with E-state index in [9.17, 15) is 9.59 Å². The Balaban J connectivity index is 2.23. The summed E-state index contributed by atoms with van der Waals surface area (Å²) in [6.45, 7) is 2.40. The third-order valence-electron chi connectivity index (χ3n) is 3.12. The van der Waals surface area contributed by atoms with E-state index >= 15 is 0 Å². The molecule has 0 aliphatic carbocycles. The van der Waals surface area contributed by atoms with Crippen LogP contribution >= 0.6 is 0 Å². The van der Waals surface area contributed by atoms with E-state index in [1.165, 1.54) is 7.11 Å². The fourth-order valence-electron chi connectivity index (χ4n) is 2.05. The molecule has 1 rings (SSSR count). The number of piperidine rings is 1. The molecule has 5 heteroatoms. The van der Waals surface area contributed by atoms with E-state index in [0.29, 0.717) is 19.4 Å². The highest BCUT2D eigenvalue weighted by atomic mass is 16.5. The normalized spacial score (nSPS) is 19.8. The van der Waals surface area contributed by atoms with Crippen LogP contribution in [0.1, 0.15) is 25.7 Å². The van der Waals surface area contributed by atoms with Crippen molar-refractivity contribution in [2.75, 3.05) is 33.8 Å². The molecule has 1 fully saturated rings. The summed E-state index contributed by atoms with van der Waals surface area (Å²) in [6.07, 6.45) is 3.06. The molecule has 0 aromatic heterocycles. The van der Waals surface area contributed by atoms with E-state index in [1.54, 1.807) is 11.9 Å². The predicted molar refractivity (Wildman–Crippen MR) is 64.5 cm³/mol. The average Bonchev–Trinajstić information content (AvgIpc) is 2.38. The number of amides is 1. The number of methoxy groups -OCH3 is 1. The molecule has 0 radical (unpaired) electrons. The first kappa shape index (κ1) is 14.0. The molecule has 0 aromatic rings. The predicted octanol–water partition coefficient (Wildman–Crippen LogP) is 0.398. The second kappa shape index (κ2) is 7.27. The largest absolute Gasteiger partial charge is 0.469 e. The van der Waals surface area contributed by atoms with Gasteiger partial charge in [-0.05, 0) is 25.8 Å². The summed E-state index contributed by atoms with van der Waals surface area (Å²) in [5, 5.41) is 3.23. The number of nitrogens with zero attached hydrogens (tertiary/aromatic N) is 1. The first-order valence-electron chi connectivity index (χ1n) is 6.17. The number of rotatable bonds is 5. The van der Waals surface area contributed by atoms with Crippen molar-refractivity contribution in [3.63, 3.8) is 0 Å². The van der Waals surface area contributed by atoms with Crippen molar-refractivity contribution in [3.8, 4) is 0 Å². The first-order chi connectivity index (χ1) is 8.15. The fourth-order valence-corrected chi connectivity index (χ4v) is 2.05. The minimum atomic E-state index is -0.217. The van der Waals surface area contributed by atoms with Crippen LogP contribution in [-0.4, -0.2) is 50.6 Å². The maximum absolute atomic E-state index is 12.0. The Morgan fingerprint density at radius 3 is 2.82 bits per heavy atom. The van der Waals surface area contributed by atoms with Crippen molar-refractivity contribution in [3.05, 3.63) is 0 Å². The second-order valence-corrected chi connectivity index (χ2v) is 4.48. The maximum atomic E-state index is 12.0. The molecule has 0 bridgehead atoms. The van der Waals surface area contributed by atoms with Gasteiger partial charge in [0.25, 0.3) is 0 Å². The van der Waals surface area contributed by atoms with Gasteiger partial charge in [-0.15, -0.1) is 0 Å². The Kier molecular flexibility index (Phi) is 5.97. The van der Waals surface area contributed by atoms with Crippen LogP contribution in [0.15, 0.2) is 0 Å². The number of esters is 1. The number of nitrogens with one attached hydrogen (secondary N) is 1. The zero-order valence-electron chi connectivity index (χ0n) is 10.7. The summed E-state index contributed by atoms with van der Waals surface area (Å²) >= 11 is 0. The van der Waals surface area contributed by atoms with Crippen molar-refractivity contribution >= 4 is 11.9 Å². The highest BCUT2D eigenvalue weighted by molar-refractivity contribution is 5.79. The van der Waals surface area contributed by atoms with Crippen molar-refractivity contribution in [1.29, 1.82) is 0 Å². The van der Waals surface area contributed by atoms with Crippen molar-refractivity contribution in [2.45, 2.75) is 25.7 Å². The summed E-state index contributed by atoms with van der Waals surface area (Å²) in [5.74, 6) is 0.0686. The lowest BCUT2D eigenvalue weighted by molar-refractivity contribution is -0.141. The van der Waals surface area contributed by atoms with Gasteiger partial charge in [0.05, 0.1) is 13.0 Å². The molecule has 0 spiro atoms. The molecule has 1 saturated heterocycles. The van der Waals surface area contributed by atoms with Crippen LogP contribution in [0.3, 0.4) is 0 Å². The molecule has 0 saturated carbocycles. The van der Waals surface area contributed by atoms with Crippen LogP contribution in [0, 0.1) is 5.92 Å². The van der Waals surface area contributed by atoms with Gasteiger partial charge in [0, 0.05) is 26.6 Å². The van der Waals surface area contributed by atoms with Crippen LogP contribution in [-0.2, 0) is 14.3 Å². The molecule has 98 valence electrons. The van der Waals surface area contributed by atoms with Crippen LogP contribution in [0.2, 0.25) is 0 Å². The van der Waals surface area contributed by atoms with Gasteiger partial charge in [-0.3, -0.25) is 9.59 Å². The molecule has 1 amide bonds. The van der Waals surface area contributed by atoms with Gasteiger partial charge in [0.1, 0.15) is 0 Å². The van der Waals surface area contributed by atoms with E-state index in [4.69, 9.17) is 0 Å². The molecule has 1 aliphatic rings. The van der Waals surface area contributed by atoms with Crippen molar-refractivity contribution < 1.29 is 14.3 Å². The third kappa shape index (κ3) is 4.73. The Hall–Kier alpha value is -1.10. The molecule has 1 N–H and O–H groups in total. The zero-order valence-corrected chi connectivity index (χ0v) is 10.7. The van der Waals surface area contributed by atoms with Gasteiger partial charge < -0.3 is 15.0 Å². The van der Waals surface area contributed by atoms with Gasteiger partial charge in [0.2, 0.25) is 5.91 Å². The summed E-state index contributed by atoms with van der Waals surface area (Å²) in [6, 6.07) is 0. The zero-order chi connectivity index (χ0) is 12.7. The van der Waals surface area contributed by atoms with Crippen LogP contribution in [0.5, 0.6) is 0 Å². The van der Waals surface area contributed by atoms with Gasteiger partial charge in [-0.1, -0.05) is 0 Å².